The lowest BCUT2D eigenvalue weighted by atomic mass is 10.2. The molecule has 1 N–H and O–H groups in total. The summed E-state index contributed by atoms with van der Waals surface area (Å²) in [6.45, 7) is 2.22. The van der Waals surface area contributed by atoms with Crippen LogP contribution >= 0.6 is 0 Å². The number of hydrogen-bond acceptors (Lipinski definition) is 2. The van der Waals surface area contributed by atoms with Crippen molar-refractivity contribution >= 4 is 11.5 Å². The van der Waals surface area contributed by atoms with E-state index >= 15 is 0 Å². The Kier molecular flexibility index (Phi) is 4.54. The highest BCUT2D eigenvalue weighted by Gasteiger charge is 2.29. The lowest BCUT2D eigenvalue weighted by Gasteiger charge is -2.09. The fourth-order valence-electron chi connectivity index (χ4n) is 1.30. The highest BCUT2D eigenvalue weighted by Crippen LogP contribution is 2.29. The summed E-state index contributed by atoms with van der Waals surface area (Å²) in [6.07, 6.45) is -3.44. The van der Waals surface area contributed by atoms with E-state index in [1.54, 1.807) is 6.92 Å². The van der Waals surface area contributed by atoms with Crippen LogP contribution in [0.3, 0.4) is 0 Å². The Morgan fingerprint density at radius 3 is 2.29 bits per heavy atom. The molecule has 1 aromatic rings. The van der Waals surface area contributed by atoms with Crippen molar-refractivity contribution in [1.82, 2.24) is 0 Å². The van der Waals surface area contributed by atoms with Crippen LogP contribution in [0.4, 0.5) is 18.9 Å². The Balaban J connectivity index is 2.49. The minimum absolute atomic E-state index is 0.129. The average Bonchev–Trinajstić information content (AvgIpc) is 2.28. The fraction of sp³-hybridized carbons (Fsp3) is 0.417. The van der Waals surface area contributed by atoms with E-state index in [1.807, 2.05) is 0 Å². The average molecular weight is 245 g/mol. The maximum absolute atomic E-state index is 12.3. The van der Waals surface area contributed by atoms with Crippen LogP contribution in [-0.2, 0) is 11.0 Å². The smallest absolute Gasteiger partial charge is 0.385 e. The van der Waals surface area contributed by atoms with Gasteiger partial charge in [0.2, 0.25) is 0 Å². The van der Waals surface area contributed by atoms with Crippen LogP contribution in [0.2, 0.25) is 0 Å². The van der Waals surface area contributed by atoms with Crippen LogP contribution in [0.1, 0.15) is 25.3 Å². The minimum atomic E-state index is -4.31. The van der Waals surface area contributed by atoms with Gasteiger partial charge in [0.05, 0.1) is 5.56 Å². The third-order valence-electron chi connectivity index (χ3n) is 2.34. The predicted octanol–water partition coefficient (Wildman–Crippen LogP) is 3.49. The molecule has 2 nitrogen and oxygen atoms in total. The number of rotatable bonds is 5. The molecule has 0 aromatic heterocycles. The molecule has 0 fully saturated rings. The Morgan fingerprint density at radius 1 is 1.24 bits per heavy atom. The summed E-state index contributed by atoms with van der Waals surface area (Å²) in [5.41, 5.74) is -0.0883. The Morgan fingerprint density at radius 2 is 1.82 bits per heavy atom. The molecule has 0 aliphatic heterocycles. The van der Waals surface area contributed by atoms with E-state index in [0.717, 1.165) is 12.1 Å². The molecular weight excluding hydrogens is 231 g/mol. The molecule has 0 spiro atoms. The van der Waals surface area contributed by atoms with E-state index < -0.39 is 11.7 Å². The van der Waals surface area contributed by atoms with E-state index in [-0.39, 0.29) is 5.78 Å². The van der Waals surface area contributed by atoms with E-state index in [4.69, 9.17) is 0 Å². The number of anilines is 1. The van der Waals surface area contributed by atoms with Crippen molar-refractivity contribution in [3.8, 4) is 0 Å². The molecule has 0 aliphatic rings. The predicted molar refractivity (Wildman–Crippen MR) is 59.8 cm³/mol. The van der Waals surface area contributed by atoms with Crippen molar-refractivity contribution in [1.29, 1.82) is 0 Å². The van der Waals surface area contributed by atoms with Crippen molar-refractivity contribution in [3.05, 3.63) is 29.8 Å². The summed E-state index contributed by atoms with van der Waals surface area (Å²) in [6, 6.07) is 4.76. The van der Waals surface area contributed by atoms with Gasteiger partial charge in [-0.3, -0.25) is 4.79 Å². The highest BCUT2D eigenvalue weighted by atomic mass is 19.4. The molecule has 5 heteroatoms. The van der Waals surface area contributed by atoms with Crippen molar-refractivity contribution in [2.45, 2.75) is 25.9 Å². The number of carbonyl (C=O) groups excluding carboxylic acids is 1. The fourth-order valence-corrected chi connectivity index (χ4v) is 1.30. The number of nitrogens with one attached hydrogen (secondary N) is 1. The van der Waals surface area contributed by atoms with Crippen LogP contribution in [0.25, 0.3) is 0 Å². The van der Waals surface area contributed by atoms with Gasteiger partial charge >= 0.3 is 6.18 Å². The van der Waals surface area contributed by atoms with E-state index in [0.29, 0.717) is 25.1 Å². The number of hydrogen-bond donors (Lipinski definition) is 1. The van der Waals surface area contributed by atoms with Crippen LogP contribution in [0, 0.1) is 0 Å². The molecular formula is C12H14F3NO. The van der Waals surface area contributed by atoms with Crippen molar-refractivity contribution in [3.63, 3.8) is 0 Å². The minimum Gasteiger partial charge on any atom is -0.385 e. The molecule has 0 saturated carbocycles. The Labute approximate surface area is 97.8 Å². The topological polar surface area (TPSA) is 29.1 Å². The molecule has 0 bridgehead atoms. The summed E-state index contributed by atoms with van der Waals surface area (Å²) in [7, 11) is 0. The van der Waals surface area contributed by atoms with Gasteiger partial charge < -0.3 is 5.32 Å². The Hall–Kier alpha value is -1.52. The van der Waals surface area contributed by atoms with Gasteiger partial charge in [-0.25, -0.2) is 0 Å². The summed E-state index contributed by atoms with van der Waals surface area (Å²) < 4.78 is 36.8. The van der Waals surface area contributed by atoms with Crippen LogP contribution in [-0.4, -0.2) is 12.3 Å². The maximum Gasteiger partial charge on any atom is 0.416 e. The number of ketones is 1. The van der Waals surface area contributed by atoms with Crippen molar-refractivity contribution in [2.75, 3.05) is 11.9 Å². The quantitative estimate of drug-likeness (QED) is 0.860. The molecule has 0 heterocycles. The zero-order chi connectivity index (χ0) is 12.9. The molecule has 0 saturated heterocycles. The van der Waals surface area contributed by atoms with E-state index in [2.05, 4.69) is 5.32 Å². The molecule has 0 unspecified atom stereocenters. The van der Waals surface area contributed by atoms with Gasteiger partial charge in [-0.1, -0.05) is 6.92 Å². The first-order chi connectivity index (χ1) is 7.93. The maximum atomic E-state index is 12.3. The number of carbonyl (C=O) groups is 1. The number of Topliss-reactive ketones (excluding diaryl/α,β-unsaturated/α-hetero) is 1. The molecule has 0 amide bonds. The van der Waals surface area contributed by atoms with Gasteiger partial charge in [-0.15, -0.1) is 0 Å². The third-order valence-corrected chi connectivity index (χ3v) is 2.34. The molecule has 0 atom stereocenters. The van der Waals surface area contributed by atoms with Crippen molar-refractivity contribution in [2.24, 2.45) is 0 Å². The van der Waals surface area contributed by atoms with Gasteiger partial charge in [0.15, 0.2) is 0 Å². The van der Waals surface area contributed by atoms with Gasteiger partial charge in [0, 0.05) is 25.1 Å². The van der Waals surface area contributed by atoms with Gasteiger partial charge in [-0.05, 0) is 24.3 Å². The second-order valence-corrected chi connectivity index (χ2v) is 3.64. The Bertz CT molecular complexity index is 370. The second kappa shape index (κ2) is 5.70. The molecule has 0 aliphatic carbocycles. The molecule has 17 heavy (non-hydrogen) atoms. The number of alkyl halides is 3. The SMILES string of the molecule is CCC(=O)CCNc1ccc(C(F)(F)F)cc1. The lowest BCUT2D eigenvalue weighted by molar-refractivity contribution is -0.137. The standard InChI is InChI=1S/C12H14F3NO/c1-2-11(17)7-8-16-10-5-3-9(4-6-10)12(13,14)15/h3-6,16H,2,7-8H2,1H3. The summed E-state index contributed by atoms with van der Waals surface area (Å²) in [5.74, 6) is 0.129. The third kappa shape index (κ3) is 4.46. The highest BCUT2D eigenvalue weighted by molar-refractivity contribution is 5.78. The first-order valence-electron chi connectivity index (χ1n) is 5.36. The number of benzene rings is 1. The van der Waals surface area contributed by atoms with Gasteiger partial charge in [0.25, 0.3) is 0 Å². The number of halogens is 3. The van der Waals surface area contributed by atoms with Crippen LogP contribution in [0.5, 0.6) is 0 Å². The molecule has 1 aromatic carbocycles. The lowest BCUT2D eigenvalue weighted by Crippen LogP contribution is -2.08. The van der Waals surface area contributed by atoms with Gasteiger partial charge in [-0.2, -0.15) is 13.2 Å². The van der Waals surface area contributed by atoms with E-state index in [9.17, 15) is 18.0 Å². The summed E-state index contributed by atoms with van der Waals surface area (Å²) in [5, 5.41) is 2.90. The molecule has 0 radical (unpaired) electrons. The zero-order valence-electron chi connectivity index (χ0n) is 9.47. The van der Waals surface area contributed by atoms with Crippen LogP contribution in [0.15, 0.2) is 24.3 Å². The van der Waals surface area contributed by atoms with E-state index in [1.165, 1.54) is 12.1 Å². The van der Waals surface area contributed by atoms with Gasteiger partial charge in [0.1, 0.15) is 5.78 Å². The molecule has 94 valence electrons. The summed E-state index contributed by atoms with van der Waals surface area (Å²) in [4.78, 5) is 11.0. The first-order valence-corrected chi connectivity index (χ1v) is 5.36. The monoisotopic (exact) mass is 245 g/mol. The van der Waals surface area contributed by atoms with Crippen molar-refractivity contribution < 1.29 is 18.0 Å². The summed E-state index contributed by atoms with van der Waals surface area (Å²) >= 11 is 0. The zero-order valence-corrected chi connectivity index (χ0v) is 9.47. The largest absolute Gasteiger partial charge is 0.416 e. The first kappa shape index (κ1) is 13.5. The second-order valence-electron chi connectivity index (χ2n) is 3.64. The van der Waals surface area contributed by atoms with Crippen LogP contribution < -0.4 is 5.32 Å². The normalized spacial score (nSPS) is 11.3. The molecule has 1 rings (SSSR count).